The summed E-state index contributed by atoms with van der Waals surface area (Å²) in [6, 6.07) is 14.5. The Kier molecular flexibility index (Phi) is 8.62. The zero-order chi connectivity index (χ0) is 27.0. The smallest absolute Gasteiger partial charge is 0.493 e. The Morgan fingerprint density at radius 3 is 2.22 bits per heavy atom. The normalized spacial score (nSPS) is 11.2. The average molecular weight is 516 g/mol. The van der Waals surface area contributed by atoms with E-state index in [1.54, 1.807) is 30.3 Å². The van der Waals surface area contributed by atoms with Crippen LogP contribution in [0.25, 0.3) is 6.08 Å². The van der Waals surface area contributed by atoms with E-state index in [2.05, 4.69) is 4.74 Å². The molecular formula is C26H23F3N2O6. The van der Waals surface area contributed by atoms with Crippen molar-refractivity contribution in [3.05, 3.63) is 83.4 Å². The lowest BCUT2D eigenvalue weighted by molar-refractivity contribution is -0.275. The highest BCUT2D eigenvalue weighted by Gasteiger charge is 2.32. The number of methoxy groups -OCH3 is 1. The highest BCUT2D eigenvalue weighted by Crippen LogP contribution is 2.33. The van der Waals surface area contributed by atoms with Crippen LogP contribution in [0.3, 0.4) is 0 Å². The van der Waals surface area contributed by atoms with Crippen LogP contribution in [0, 0.1) is 0 Å². The molecule has 4 N–H and O–H groups in total. The first kappa shape index (κ1) is 26.9. The van der Waals surface area contributed by atoms with Gasteiger partial charge in [-0.2, -0.15) is 0 Å². The van der Waals surface area contributed by atoms with Gasteiger partial charge in [0.2, 0.25) is 0 Å². The van der Waals surface area contributed by atoms with E-state index in [4.69, 9.17) is 25.7 Å². The lowest BCUT2D eigenvalue weighted by Crippen LogP contribution is -2.18. The van der Waals surface area contributed by atoms with Gasteiger partial charge in [0.05, 0.1) is 19.3 Å². The molecule has 0 amide bonds. The number of carbonyl (C=O) groups is 2. The summed E-state index contributed by atoms with van der Waals surface area (Å²) in [5.41, 5.74) is 14.0. The Bertz CT molecular complexity index is 1270. The number of ether oxygens (including phenoxy) is 4. The number of rotatable bonds is 9. The third-order valence-electron chi connectivity index (χ3n) is 4.80. The Morgan fingerprint density at radius 1 is 0.919 bits per heavy atom. The highest BCUT2D eigenvalue weighted by molar-refractivity contribution is 5.92. The van der Waals surface area contributed by atoms with Crippen LogP contribution in [0.5, 0.6) is 17.2 Å². The summed E-state index contributed by atoms with van der Waals surface area (Å²) >= 11 is 0. The lowest BCUT2D eigenvalue weighted by Gasteiger charge is -2.13. The van der Waals surface area contributed by atoms with Crippen LogP contribution in [0.15, 0.2) is 66.7 Å². The molecule has 3 aromatic carbocycles. The van der Waals surface area contributed by atoms with Crippen molar-refractivity contribution in [3.63, 3.8) is 0 Å². The molecule has 0 aliphatic heterocycles. The molecule has 0 fully saturated rings. The highest BCUT2D eigenvalue weighted by atomic mass is 19.4. The summed E-state index contributed by atoms with van der Waals surface area (Å²) in [5, 5.41) is 0. The predicted molar refractivity (Wildman–Crippen MR) is 130 cm³/mol. The van der Waals surface area contributed by atoms with Gasteiger partial charge in [0.15, 0.2) is 11.5 Å². The van der Waals surface area contributed by atoms with Crippen LogP contribution in [-0.4, -0.2) is 32.0 Å². The van der Waals surface area contributed by atoms with Crippen molar-refractivity contribution in [2.75, 3.05) is 25.2 Å². The van der Waals surface area contributed by atoms with Crippen molar-refractivity contribution >= 4 is 29.4 Å². The summed E-state index contributed by atoms with van der Waals surface area (Å²) < 4.78 is 56.5. The van der Waals surface area contributed by atoms with Crippen molar-refractivity contribution in [2.45, 2.75) is 12.8 Å². The molecule has 37 heavy (non-hydrogen) atoms. The van der Waals surface area contributed by atoms with Crippen LogP contribution in [0.2, 0.25) is 0 Å². The molecule has 11 heteroatoms. The van der Waals surface area contributed by atoms with E-state index in [1.165, 1.54) is 24.3 Å². The SMILES string of the molecule is COc1cc(C(=O)Oc2ccc(C=CC(=O)OCCc3cc(N)cc(N)c3)cc2)ccc1OC(F)(F)F. The molecule has 0 spiro atoms. The molecule has 3 aromatic rings. The zero-order valence-electron chi connectivity index (χ0n) is 19.6. The largest absolute Gasteiger partial charge is 0.573 e. The maximum absolute atomic E-state index is 12.5. The first-order valence-corrected chi connectivity index (χ1v) is 10.8. The Morgan fingerprint density at radius 2 is 1.59 bits per heavy atom. The predicted octanol–water partition coefficient (Wildman–Crippen LogP) is 4.78. The monoisotopic (exact) mass is 516 g/mol. The van der Waals surface area contributed by atoms with Gasteiger partial charge in [0.1, 0.15) is 5.75 Å². The van der Waals surface area contributed by atoms with Gasteiger partial charge in [-0.05, 0) is 65.7 Å². The van der Waals surface area contributed by atoms with E-state index in [0.29, 0.717) is 23.4 Å². The molecular weight excluding hydrogens is 493 g/mol. The van der Waals surface area contributed by atoms with Gasteiger partial charge in [-0.25, -0.2) is 9.59 Å². The van der Waals surface area contributed by atoms with Crippen molar-refractivity contribution in [3.8, 4) is 17.2 Å². The van der Waals surface area contributed by atoms with E-state index >= 15 is 0 Å². The Balaban J connectivity index is 1.52. The molecule has 0 aromatic heterocycles. The number of benzene rings is 3. The van der Waals surface area contributed by atoms with E-state index < -0.39 is 24.1 Å². The molecule has 0 unspecified atom stereocenters. The second-order valence-corrected chi connectivity index (χ2v) is 7.63. The molecule has 8 nitrogen and oxygen atoms in total. The first-order chi connectivity index (χ1) is 17.5. The lowest BCUT2D eigenvalue weighted by atomic mass is 10.1. The number of hydrogen-bond acceptors (Lipinski definition) is 8. The second-order valence-electron chi connectivity index (χ2n) is 7.63. The number of carbonyl (C=O) groups excluding carboxylic acids is 2. The minimum absolute atomic E-state index is 0.0426. The zero-order valence-corrected chi connectivity index (χ0v) is 19.6. The fourth-order valence-electron chi connectivity index (χ4n) is 3.19. The standard InChI is InChI=1S/C26H23F3N2O6/c1-34-23-14-18(5-8-22(23)37-26(27,28)29)25(33)36-21-6-2-16(3-7-21)4-9-24(32)35-11-10-17-12-19(30)15-20(31)13-17/h2-9,12-15H,10-11,30-31H2,1H3. The first-order valence-electron chi connectivity index (χ1n) is 10.8. The Labute approximate surface area is 210 Å². The number of anilines is 2. The summed E-state index contributed by atoms with van der Waals surface area (Å²) in [6.07, 6.45) is -1.67. The van der Waals surface area contributed by atoms with Crippen LogP contribution >= 0.6 is 0 Å². The minimum atomic E-state index is -4.91. The van der Waals surface area contributed by atoms with Crippen molar-refractivity contribution in [1.29, 1.82) is 0 Å². The second kappa shape index (κ2) is 11.8. The molecule has 0 atom stereocenters. The van der Waals surface area contributed by atoms with Gasteiger partial charge >= 0.3 is 18.3 Å². The number of hydrogen-bond donors (Lipinski definition) is 2. The van der Waals surface area contributed by atoms with Gasteiger partial charge < -0.3 is 30.4 Å². The number of nitrogens with two attached hydrogens (primary N) is 2. The number of esters is 2. The fourth-order valence-corrected chi connectivity index (χ4v) is 3.19. The number of halogens is 3. The topological polar surface area (TPSA) is 123 Å². The van der Waals surface area contributed by atoms with Crippen LogP contribution in [-0.2, 0) is 16.0 Å². The van der Waals surface area contributed by atoms with Crippen LogP contribution in [0.1, 0.15) is 21.5 Å². The molecule has 0 saturated carbocycles. The molecule has 0 heterocycles. The van der Waals surface area contributed by atoms with Gasteiger partial charge in [0.25, 0.3) is 0 Å². The molecule has 3 rings (SSSR count). The average Bonchev–Trinajstić information content (AvgIpc) is 2.82. The number of alkyl halides is 3. The molecule has 0 aliphatic rings. The van der Waals surface area contributed by atoms with Crippen molar-refractivity contribution in [1.82, 2.24) is 0 Å². The fraction of sp³-hybridized carbons (Fsp3) is 0.154. The van der Waals surface area contributed by atoms with Gasteiger partial charge in [-0.15, -0.1) is 13.2 Å². The maximum Gasteiger partial charge on any atom is 0.573 e. The van der Waals surface area contributed by atoms with Gasteiger partial charge in [-0.3, -0.25) is 0 Å². The Hall–Kier alpha value is -4.67. The van der Waals surface area contributed by atoms with Gasteiger partial charge in [0, 0.05) is 23.9 Å². The van der Waals surface area contributed by atoms with Gasteiger partial charge in [-0.1, -0.05) is 12.1 Å². The summed E-state index contributed by atoms with van der Waals surface area (Å²) in [4.78, 5) is 24.3. The maximum atomic E-state index is 12.5. The quantitative estimate of drug-likeness (QED) is 0.180. The summed E-state index contributed by atoms with van der Waals surface area (Å²) in [7, 11) is 1.14. The van der Waals surface area contributed by atoms with E-state index in [0.717, 1.165) is 30.9 Å². The third-order valence-corrected chi connectivity index (χ3v) is 4.80. The van der Waals surface area contributed by atoms with E-state index in [1.807, 2.05) is 0 Å². The molecule has 0 bridgehead atoms. The molecule has 0 radical (unpaired) electrons. The molecule has 194 valence electrons. The molecule has 0 aliphatic carbocycles. The minimum Gasteiger partial charge on any atom is -0.493 e. The van der Waals surface area contributed by atoms with Crippen molar-refractivity contribution in [2.24, 2.45) is 0 Å². The van der Waals surface area contributed by atoms with Crippen LogP contribution in [0.4, 0.5) is 24.5 Å². The van der Waals surface area contributed by atoms with E-state index in [-0.39, 0.29) is 23.7 Å². The number of nitrogen functional groups attached to an aromatic ring is 2. The summed E-state index contributed by atoms with van der Waals surface area (Å²) in [6.45, 7) is 0.148. The van der Waals surface area contributed by atoms with Crippen LogP contribution < -0.4 is 25.7 Å². The van der Waals surface area contributed by atoms with Crippen molar-refractivity contribution < 1.29 is 41.7 Å². The third kappa shape index (κ3) is 8.49. The summed E-state index contributed by atoms with van der Waals surface area (Å²) in [5.74, 6) is -2.04. The van der Waals surface area contributed by atoms with E-state index in [9.17, 15) is 22.8 Å². The molecule has 0 saturated heterocycles.